The van der Waals surface area contributed by atoms with Gasteiger partial charge in [0.2, 0.25) is 0 Å². The number of carbonyl (C=O) groups is 1. The number of allylic oxidation sites excluding steroid dienone is 1. The molecule has 0 saturated heterocycles. The van der Waals surface area contributed by atoms with Crippen LogP contribution in [-0.4, -0.2) is 19.0 Å². The number of benzene rings is 3. The van der Waals surface area contributed by atoms with Crippen LogP contribution in [0.25, 0.3) is 17.2 Å². The normalized spacial score (nSPS) is 11.2. The van der Waals surface area contributed by atoms with E-state index >= 15 is 0 Å². The first-order chi connectivity index (χ1) is 19.7. The number of ether oxygens (including phenoxy) is 2. The minimum absolute atomic E-state index is 0.00694. The Morgan fingerprint density at radius 3 is 1.55 bits per heavy atom. The van der Waals surface area contributed by atoms with E-state index in [1.807, 2.05) is 66.7 Å². The van der Waals surface area contributed by atoms with Crippen LogP contribution in [0.3, 0.4) is 0 Å². The van der Waals surface area contributed by atoms with E-state index in [4.69, 9.17) is 9.47 Å². The second kappa shape index (κ2) is 18.9. The molecule has 0 spiro atoms. The van der Waals surface area contributed by atoms with Crippen LogP contribution in [-0.2, 0) is 0 Å². The Morgan fingerprint density at radius 1 is 0.550 bits per heavy atom. The van der Waals surface area contributed by atoms with Crippen molar-refractivity contribution in [3.05, 3.63) is 90.0 Å². The predicted octanol–water partition coefficient (Wildman–Crippen LogP) is 10.7. The zero-order chi connectivity index (χ0) is 28.3. The smallest absolute Gasteiger partial charge is 0.185 e. The lowest BCUT2D eigenvalue weighted by atomic mass is 10.0. The number of ketones is 1. The van der Waals surface area contributed by atoms with Gasteiger partial charge in [0.25, 0.3) is 0 Å². The molecule has 0 N–H and O–H groups in total. The SMILES string of the molecule is CCCCCCCCCCCCOc1ccc(/C=C/C(=O)c2ccc(-c3ccc(OCCCC)cc3)cc2)cc1. The molecule has 3 aromatic rings. The molecule has 3 heteroatoms. The van der Waals surface area contributed by atoms with Crippen molar-refractivity contribution >= 4 is 11.9 Å². The minimum Gasteiger partial charge on any atom is -0.494 e. The molecule has 0 aliphatic carbocycles. The van der Waals surface area contributed by atoms with Crippen LogP contribution in [0.15, 0.2) is 78.9 Å². The van der Waals surface area contributed by atoms with E-state index in [9.17, 15) is 4.79 Å². The van der Waals surface area contributed by atoms with Crippen LogP contribution >= 0.6 is 0 Å². The summed E-state index contributed by atoms with van der Waals surface area (Å²) in [5.74, 6) is 1.77. The highest BCUT2D eigenvalue weighted by molar-refractivity contribution is 6.07. The molecule has 0 bridgehead atoms. The number of unbranched alkanes of at least 4 members (excludes halogenated alkanes) is 10. The van der Waals surface area contributed by atoms with Gasteiger partial charge in [0, 0.05) is 5.56 Å². The first-order valence-electron chi connectivity index (χ1n) is 15.5. The molecule has 214 valence electrons. The fourth-order valence-electron chi connectivity index (χ4n) is 4.63. The summed E-state index contributed by atoms with van der Waals surface area (Å²) in [4.78, 5) is 12.7. The first-order valence-corrected chi connectivity index (χ1v) is 15.5. The lowest BCUT2D eigenvalue weighted by Crippen LogP contribution is -1.97. The number of hydrogen-bond donors (Lipinski definition) is 0. The molecule has 0 fully saturated rings. The molecule has 0 saturated carbocycles. The molecule has 0 amide bonds. The summed E-state index contributed by atoms with van der Waals surface area (Å²) in [6.45, 7) is 5.93. The quantitative estimate of drug-likeness (QED) is 0.0812. The highest BCUT2D eigenvalue weighted by Crippen LogP contribution is 2.23. The van der Waals surface area contributed by atoms with Crippen molar-refractivity contribution in [2.45, 2.75) is 90.9 Å². The standard InChI is InChI=1S/C37H48O3/c1-3-5-7-8-9-10-11-12-13-14-30-40-35-24-15-31(16-25-35)17-28-37(38)34-20-18-32(19-21-34)33-22-26-36(27-23-33)39-29-6-4-2/h15-28H,3-14,29-30H2,1-2H3/b28-17+. The van der Waals surface area contributed by atoms with Crippen molar-refractivity contribution in [1.29, 1.82) is 0 Å². The maximum Gasteiger partial charge on any atom is 0.185 e. The summed E-state index contributed by atoms with van der Waals surface area (Å²) < 4.78 is 11.7. The van der Waals surface area contributed by atoms with E-state index in [2.05, 4.69) is 26.0 Å². The average Bonchev–Trinajstić information content (AvgIpc) is 3.00. The molecular weight excluding hydrogens is 492 g/mol. The van der Waals surface area contributed by atoms with Gasteiger partial charge < -0.3 is 9.47 Å². The third-order valence-electron chi connectivity index (χ3n) is 7.20. The van der Waals surface area contributed by atoms with Gasteiger partial charge in [-0.2, -0.15) is 0 Å². The third-order valence-corrected chi connectivity index (χ3v) is 7.20. The van der Waals surface area contributed by atoms with Crippen molar-refractivity contribution in [2.24, 2.45) is 0 Å². The Hall–Kier alpha value is -3.33. The monoisotopic (exact) mass is 540 g/mol. The van der Waals surface area contributed by atoms with Crippen LogP contribution in [0, 0.1) is 0 Å². The molecule has 0 aromatic heterocycles. The van der Waals surface area contributed by atoms with Gasteiger partial charge in [-0.3, -0.25) is 4.79 Å². The maximum absolute atomic E-state index is 12.7. The molecule has 0 radical (unpaired) electrons. The van der Waals surface area contributed by atoms with Crippen LogP contribution in [0.2, 0.25) is 0 Å². The Balaban J connectivity index is 1.35. The van der Waals surface area contributed by atoms with E-state index in [0.29, 0.717) is 5.56 Å². The first kappa shape index (κ1) is 31.2. The molecule has 3 aromatic carbocycles. The van der Waals surface area contributed by atoms with Gasteiger partial charge in [-0.1, -0.05) is 133 Å². The van der Waals surface area contributed by atoms with E-state index < -0.39 is 0 Å². The molecule has 0 unspecified atom stereocenters. The Kier molecular flexibility index (Phi) is 14.7. The van der Waals surface area contributed by atoms with E-state index in [-0.39, 0.29) is 5.78 Å². The number of hydrogen-bond acceptors (Lipinski definition) is 3. The van der Waals surface area contributed by atoms with Crippen molar-refractivity contribution in [1.82, 2.24) is 0 Å². The number of rotatable bonds is 20. The van der Waals surface area contributed by atoms with Crippen molar-refractivity contribution in [2.75, 3.05) is 13.2 Å². The molecule has 0 aliphatic heterocycles. The molecule has 0 atom stereocenters. The van der Waals surface area contributed by atoms with Crippen LogP contribution < -0.4 is 9.47 Å². The summed E-state index contributed by atoms with van der Waals surface area (Å²) >= 11 is 0. The Labute approximate surface area is 242 Å². The third kappa shape index (κ3) is 11.8. The molecule has 3 rings (SSSR count). The molecule has 40 heavy (non-hydrogen) atoms. The average molecular weight is 541 g/mol. The van der Waals surface area contributed by atoms with Gasteiger partial charge in [0.15, 0.2) is 5.78 Å². The van der Waals surface area contributed by atoms with Crippen molar-refractivity contribution in [3.63, 3.8) is 0 Å². The largest absolute Gasteiger partial charge is 0.494 e. The van der Waals surface area contributed by atoms with Crippen LogP contribution in [0.1, 0.15) is 107 Å². The van der Waals surface area contributed by atoms with Gasteiger partial charge in [0.05, 0.1) is 13.2 Å². The van der Waals surface area contributed by atoms with Gasteiger partial charge in [-0.15, -0.1) is 0 Å². The summed E-state index contributed by atoms with van der Waals surface area (Å²) in [6.07, 6.45) is 18.9. The second-order valence-corrected chi connectivity index (χ2v) is 10.6. The molecule has 0 heterocycles. The van der Waals surface area contributed by atoms with Gasteiger partial charge in [0.1, 0.15) is 11.5 Å². The number of carbonyl (C=O) groups excluding carboxylic acids is 1. The van der Waals surface area contributed by atoms with Gasteiger partial charge in [-0.25, -0.2) is 0 Å². The maximum atomic E-state index is 12.7. The topological polar surface area (TPSA) is 35.5 Å². The second-order valence-electron chi connectivity index (χ2n) is 10.6. The molecule has 3 nitrogen and oxygen atoms in total. The summed E-state index contributed by atoms with van der Waals surface area (Å²) in [7, 11) is 0. The Morgan fingerprint density at radius 2 is 1.00 bits per heavy atom. The highest BCUT2D eigenvalue weighted by Gasteiger charge is 2.04. The van der Waals surface area contributed by atoms with Crippen LogP contribution in [0.5, 0.6) is 11.5 Å². The summed E-state index contributed by atoms with van der Waals surface area (Å²) in [6, 6.07) is 23.8. The summed E-state index contributed by atoms with van der Waals surface area (Å²) in [5, 5.41) is 0. The van der Waals surface area contributed by atoms with Gasteiger partial charge >= 0.3 is 0 Å². The molecular formula is C37H48O3. The predicted molar refractivity (Wildman–Crippen MR) is 169 cm³/mol. The highest BCUT2D eigenvalue weighted by atomic mass is 16.5. The fourth-order valence-corrected chi connectivity index (χ4v) is 4.63. The fraction of sp³-hybridized carbons (Fsp3) is 0.432. The van der Waals surface area contributed by atoms with E-state index in [1.165, 1.54) is 57.8 Å². The summed E-state index contributed by atoms with van der Waals surface area (Å²) in [5.41, 5.74) is 3.84. The van der Waals surface area contributed by atoms with Crippen LogP contribution in [0.4, 0.5) is 0 Å². The van der Waals surface area contributed by atoms with Crippen molar-refractivity contribution < 1.29 is 14.3 Å². The lowest BCUT2D eigenvalue weighted by molar-refractivity contribution is 0.104. The lowest BCUT2D eigenvalue weighted by Gasteiger charge is -2.07. The zero-order valence-electron chi connectivity index (χ0n) is 24.7. The van der Waals surface area contributed by atoms with Gasteiger partial charge in [-0.05, 0) is 59.9 Å². The molecule has 0 aliphatic rings. The van der Waals surface area contributed by atoms with E-state index in [0.717, 1.165) is 60.7 Å². The van der Waals surface area contributed by atoms with Crippen molar-refractivity contribution in [3.8, 4) is 22.6 Å². The Bertz CT molecular complexity index is 1110. The minimum atomic E-state index is -0.00694. The van der Waals surface area contributed by atoms with E-state index in [1.54, 1.807) is 6.08 Å². The zero-order valence-corrected chi connectivity index (χ0v) is 24.7.